The van der Waals surface area contributed by atoms with Gasteiger partial charge in [0.2, 0.25) is 0 Å². The molecule has 0 aliphatic rings. The maximum Gasteiger partial charge on any atom is 0.415 e. The molecule has 0 N–H and O–H groups in total. The van der Waals surface area contributed by atoms with E-state index in [2.05, 4.69) is 6.92 Å². The molecule has 0 bridgehead atoms. The lowest BCUT2D eigenvalue weighted by atomic mass is 10.2. The molecule has 1 rings (SSSR count). The summed E-state index contributed by atoms with van der Waals surface area (Å²) in [5, 5.41) is 0. The molecule has 15 heavy (non-hydrogen) atoms. The fourth-order valence-corrected chi connectivity index (χ4v) is 1.20. The van der Waals surface area contributed by atoms with Gasteiger partial charge in [0.25, 0.3) is 0 Å². The van der Waals surface area contributed by atoms with E-state index in [1.54, 1.807) is 17.0 Å². The van der Waals surface area contributed by atoms with Gasteiger partial charge in [0.15, 0.2) is 0 Å². The van der Waals surface area contributed by atoms with Crippen molar-refractivity contribution < 1.29 is 9.53 Å². The second-order valence-corrected chi connectivity index (χ2v) is 3.18. The Labute approximate surface area is 90.7 Å². The summed E-state index contributed by atoms with van der Waals surface area (Å²) in [5.74, 6) is 0.555. The Morgan fingerprint density at radius 2 is 1.80 bits per heavy atom. The van der Waals surface area contributed by atoms with Crippen LogP contribution in [0.1, 0.15) is 19.4 Å². The van der Waals surface area contributed by atoms with Crippen molar-refractivity contribution in [2.75, 3.05) is 13.1 Å². The van der Waals surface area contributed by atoms with Crippen LogP contribution in [0.5, 0.6) is 5.75 Å². The quantitative estimate of drug-likeness (QED) is 0.761. The standard InChI is InChI=1S/C12H16NO2/c1-4-13(5-2)12(14)15-11-8-6-10(3)7-9-11/h6-9H,3-5H2,1-2H3. The Bertz CT molecular complexity index is 315. The normalized spacial score (nSPS) is 9.80. The van der Waals surface area contributed by atoms with Gasteiger partial charge in [-0.05, 0) is 38.5 Å². The van der Waals surface area contributed by atoms with Crippen molar-refractivity contribution in [1.82, 2.24) is 4.90 Å². The van der Waals surface area contributed by atoms with Crippen LogP contribution in [0.3, 0.4) is 0 Å². The highest BCUT2D eigenvalue weighted by molar-refractivity contribution is 5.70. The second kappa shape index (κ2) is 5.39. The molecule has 0 saturated heterocycles. The fourth-order valence-electron chi connectivity index (χ4n) is 1.20. The highest BCUT2D eigenvalue weighted by atomic mass is 16.6. The van der Waals surface area contributed by atoms with E-state index in [0.717, 1.165) is 5.56 Å². The molecule has 1 amide bonds. The molecule has 0 fully saturated rings. The molecular weight excluding hydrogens is 190 g/mol. The summed E-state index contributed by atoms with van der Waals surface area (Å²) in [6, 6.07) is 7.10. The molecule has 81 valence electrons. The predicted octanol–water partition coefficient (Wildman–Crippen LogP) is 2.71. The third kappa shape index (κ3) is 3.27. The first kappa shape index (κ1) is 11.6. The zero-order chi connectivity index (χ0) is 11.3. The van der Waals surface area contributed by atoms with Crippen LogP contribution in [-0.2, 0) is 0 Å². The summed E-state index contributed by atoms with van der Waals surface area (Å²) < 4.78 is 5.17. The number of amides is 1. The first-order valence-corrected chi connectivity index (χ1v) is 5.06. The van der Waals surface area contributed by atoms with Gasteiger partial charge in [-0.2, -0.15) is 0 Å². The highest BCUT2D eigenvalue weighted by Gasteiger charge is 2.11. The zero-order valence-electron chi connectivity index (χ0n) is 9.19. The molecule has 1 aromatic carbocycles. The van der Waals surface area contributed by atoms with Crippen LogP contribution in [-0.4, -0.2) is 24.1 Å². The lowest BCUT2D eigenvalue weighted by Crippen LogP contribution is -2.33. The van der Waals surface area contributed by atoms with Gasteiger partial charge in [-0.15, -0.1) is 0 Å². The smallest absolute Gasteiger partial charge is 0.410 e. The number of carbonyl (C=O) groups is 1. The Balaban J connectivity index is 2.61. The monoisotopic (exact) mass is 206 g/mol. The van der Waals surface area contributed by atoms with Crippen LogP contribution in [0.4, 0.5) is 4.79 Å². The van der Waals surface area contributed by atoms with Gasteiger partial charge in [-0.25, -0.2) is 4.79 Å². The molecule has 0 aliphatic carbocycles. The van der Waals surface area contributed by atoms with Crippen molar-refractivity contribution in [2.24, 2.45) is 0 Å². The number of hydrogen-bond acceptors (Lipinski definition) is 2. The van der Waals surface area contributed by atoms with Crippen molar-refractivity contribution >= 4 is 6.09 Å². The third-order valence-corrected chi connectivity index (χ3v) is 2.15. The summed E-state index contributed by atoms with van der Waals surface area (Å²) in [7, 11) is 0. The van der Waals surface area contributed by atoms with Gasteiger partial charge in [-0.3, -0.25) is 0 Å². The number of nitrogens with zero attached hydrogens (tertiary/aromatic N) is 1. The van der Waals surface area contributed by atoms with Crippen LogP contribution >= 0.6 is 0 Å². The first-order chi connectivity index (χ1) is 7.17. The minimum Gasteiger partial charge on any atom is -0.410 e. The maximum absolute atomic E-state index is 11.5. The predicted molar refractivity (Wildman–Crippen MR) is 59.8 cm³/mol. The number of carbonyl (C=O) groups excluding carboxylic acids is 1. The van der Waals surface area contributed by atoms with E-state index < -0.39 is 0 Å². The van der Waals surface area contributed by atoms with Crippen LogP contribution in [0.2, 0.25) is 0 Å². The van der Waals surface area contributed by atoms with Crippen LogP contribution in [0.15, 0.2) is 24.3 Å². The average Bonchev–Trinajstić information content (AvgIpc) is 2.23. The SMILES string of the molecule is [CH2]c1ccc(OC(=O)N(CC)CC)cc1. The van der Waals surface area contributed by atoms with Gasteiger partial charge < -0.3 is 9.64 Å². The van der Waals surface area contributed by atoms with Crippen LogP contribution in [0, 0.1) is 6.92 Å². The van der Waals surface area contributed by atoms with Crippen molar-refractivity contribution in [3.63, 3.8) is 0 Å². The Morgan fingerprint density at radius 1 is 1.27 bits per heavy atom. The van der Waals surface area contributed by atoms with E-state index in [-0.39, 0.29) is 6.09 Å². The number of rotatable bonds is 3. The van der Waals surface area contributed by atoms with Crippen molar-refractivity contribution in [1.29, 1.82) is 0 Å². The van der Waals surface area contributed by atoms with Gasteiger partial charge in [0.1, 0.15) is 5.75 Å². The average molecular weight is 206 g/mol. The van der Waals surface area contributed by atoms with Crippen molar-refractivity contribution in [3.8, 4) is 5.75 Å². The van der Waals surface area contributed by atoms with E-state index in [4.69, 9.17) is 4.74 Å². The Hall–Kier alpha value is -1.51. The molecule has 0 atom stereocenters. The Morgan fingerprint density at radius 3 is 2.27 bits per heavy atom. The van der Waals surface area contributed by atoms with Crippen LogP contribution in [0.25, 0.3) is 0 Å². The zero-order valence-corrected chi connectivity index (χ0v) is 9.19. The summed E-state index contributed by atoms with van der Waals surface area (Å²) in [6.07, 6.45) is -0.309. The van der Waals surface area contributed by atoms with Gasteiger partial charge >= 0.3 is 6.09 Å². The largest absolute Gasteiger partial charge is 0.415 e. The van der Waals surface area contributed by atoms with E-state index in [0.29, 0.717) is 18.8 Å². The molecule has 3 heteroatoms. The highest BCUT2D eigenvalue weighted by Crippen LogP contribution is 2.12. The molecule has 0 heterocycles. The Kier molecular flexibility index (Phi) is 4.16. The molecule has 0 unspecified atom stereocenters. The van der Waals surface area contributed by atoms with Gasteiger partial charge in [-0.1, -0.05) is 12.1 Å². The fraction of sp³-hybridized carbons (Fsp3) is 0.333. The second-order valence-electron chi connectivity index (χ2n) is 3.18. The van der Waals surface area contributed by atoms with Gasteiger partial charge in [0, 0.05) is 13.1 Å². The molecular formula is C12H16NO2. The van der Waals surface area contributed by atoms with Crippen LogP contribution < -0.4 is 4.74 Å². The molecule has 0 saturated carbocycles. The third-order valence-electron chi connectivity index (χ3n) is 2.15. The lowest BCUT2D eigenvalue weighted by molar-refractivity contribution is 0.157. The maximum atomic E-state index is 11.5. The molecule has 1 radical (unpaired) electrons. The van der Waals surface area contributed by atoms with Crippen molar-refractivity contribution in [2.45, 2.75) is 13.8 Å². The number of ether oxygens (including phenoxy) is 1. The first-order valence-electron chi connectivity index (χ1n) is 5.06. The summed E-state index contributed by atoms with van der Waals surface area (Å²) in [5.41, 5.74) is 0.901. The topological polar surface area (TPSA) is 29.5 Å². The van der Waals surface area contributed by atoms with E-state index in [9.17, 15) is 4.79 Å². The lowest BCUT2D eigenvalue weighted by Gasteiger charge is -2.17. The van der Waals surface area contributed by atoms with E-state index in [1.165, 1.54) is 0 Å². The number of hydrogen-bond donors (Lipinski definition) is 0. The minimum atomic E-state index is -0.309. The number of benzene rings is 1. The molecule has 0 aliphatic heterocycles. The molecule has 0 aromatic heterocycles. The van der Waals surface area contributed by atoms with Crippen molar-refractivity contribution in [3.05, 3.63) is 36.8 Å². The molecule has 1 aromatic rings. The molecule has 3 nitrogen and oxygen atoms in total. The van der Waals surface area contributed by atoms with E-state index in [1.807, 2.05) is 26.0 Å². The molecule has 0 spiro atoms. The summed E-state index contributed by atoms with van der Waals surface area (Å²) >= 11 is 0. The van der Waals surface area contributed by atoms with Gasteiger partial charge in [0.05, 0.1) is 0 Å². The summed E-state index contributed by atoms with van der Waals surface area (Å²) in [6.45, 7) is 8.91. The van der Waals surface area contributed by atoms with E-state index >= 15 is 0 Å². The summed E-state index contributed by atoms with van der Waals surface area (Å²) in [4.78, 5) is 13.2. The minimum absolute atomic E-state index is 0.309.